The summed E-state index contributed by atoms with van der Waals surface area (Å²) in [6.07, 6.45) is -4.79. The van der Waals surface area contributed by atoms with Gasteiger partial charge in [0, 0.05) is 30.1 Å². The summed E-state index contributed by atoms with van der Waals surface area (Å²) < 4.78 is 43.7. The highest BCUT2D eigenvalue weighted by Gasteiger charge is 2.32. The molecular weight excluding hydrogens is 409 g/mol. The Kier molecular flexibility index (Phi) is 7.90. The van der Waals surface area contributed by atoms with Gasteiger partial charge in [-0.05, 0) is 42.0 Å². The van der Waals surface area contributed by atoms with Gasteiger partial charge in [0.2, 0.25) is 5.91 Å². The normalized spacial score (nSPS) is 11.1. The molecule has 156 valence electrons. The number of ether oxygens (including phenoxy) is 1. The zero-order valence-corrected chi connectivity index (χ0v) is 16.4. The van der Waals surface area contributed by atoms with E-state index in [0.717, 1.165) is 4.90 Å². The second kappa shape index (κ2) is 10.2. The number of amides is 2. The highest BCUT2D eigenvalue weighted by atomic mass is 35.5. The first kappa shape index (κ1) is 22.5. The smallest absolute Gasteiger partial charge is 0.406 e. The number of nitrogens with one attached hydrogen (secondary N) is 1. The van der Waals surface area contributed by atoms with E-state index in [4.69, 9.17) is 16.3 Å². The van der Waals surface area contributed by atoms with Crippen molar-refractivity contribution in [1.29, 1.82) is 0 Å². The van der Waals surface area contributed by atoms with Crippen LogP contribution in [0.3, 0.4) is 0 Å². The van der Waals surface area contributed by atoms with Crippen LogP contribution in [0.25, 0.3) is 0 Å². The van der Waals surface area contributed by atoms with Gasteiger partial charge in [-0.1, -0.05) is 23.7 Å². The number of rotatable bonds is 8. The van der Waals surface area contributed by atoms with Crippen LogP contribution in [0, 0.1) is 0 Å². The molecule has 0 bridgehead atoms. The Hall–Kier alpha value is -2.74. The lowest BCUT2D eigenvalue weighted by Gasteiger charge is -2.24. The predicted octanol–water partition coefficient (Wildman–Crippen LogP) is 4.06. The Morgan fingerprint density at radius 2 is 1.69 bits per heavy atom. The summed E-state index contributed by atoms with van der Waals surface area (Å²) in [4.78, 5) is 25.1. The van der Waals surface area contributed by atoms with Crippen molar-refractivity contribution >= 4 is 23.4 Å². The lowest BCUT2D eigenvalue weighted by molar-refractivity contribution is -0.162. The Labute approximate surface area is 171 Å². The van der Waals surface area contributed by atoms with Crippen LogP contribution >= 0.6 is 11.6 Å². The monoisotopic (exact) mass is 428 g/mol. The van der Waals surface area contributed by atoms with Gasteiger partial charge in [-0.15, -0.1) is 0 Å². The third-order valence-corrected chi connectivity index (χ3v) is 4.24. The van der Waals surface area contributed by atoms with E-state index in [-0.39, 0.29) is 19.5 Å². The maximum absolute atomic E-state index is 12.9. The number of hydrogen-bond donors (Lipinski definition) is 1. The average molecular weight is 429 g/mol. The van der Waals surface area contributed by atoms with Crippen molar-refractivity contribution in [2.75, 3.05) is 20.2 Å². The van der Waals surface area contributed by atoms with Crippen molar-refractivity contribution in [1.82, 2.24) is 10.2 Å². The maximum atomic E-state index is 12.9. The van der Waals surface area contributed by atoms with Crippen molar-refractivity contribution in [2.24, 2.45) is 0 Å². The quantitative estimate of drug-likeness (QED) is 0.689. The number of carbonyl (C=O) groups is 2. The van der Waals surface area contributed by atoms with E-state index in [0.29, 0.717) is 21.9 Å². The van der Waals surface area contributed by atoms with Crippen LogP contribution in [0.4, 0.5) is 13.2 Å². The molecule has 0 radical (unpaired) electrons. The fraction of sp³-hybridized carbons (Fsp3) is 0.300. The minimum Gasteiger partial charge on any atom is -0.497 e. The molecule has 0 heterocycles. The van der Waals surface area contributed by atoms with Gasteiger partial charge in [0.05, 0.1) is 7.11 Å². The maximum Gasteiger partial charge on any atom is 0.406 e. The number of alkyl halides is 3. The molecule has 2 rings (SSSR count). The molecule has 2 aromatic carbocycles. The molecule has 5 nitrogen and oxygen atoms in total. The molecule has 0 saturated carbocycles. The molecule has 2 amide bonds. The molecule has 0 unspecified atom stereocenters. The first-order valence-corrected chi connectivity index (χ1v) is 9.07. The lowest BCUT2D eigenvalue weighted by Crippen LogP contribution is -2.40. The number of nitrogens with zero attached hydrogens (tertiary/aromatic N) is 1. The largest absolute Gasteiger partial charge is 0.497 e. The molecule has 29 heavy (non-hydrogen) atoms. The van der Waals surface area contributed by atoms with Gasteiger partial charge in [-0.25, -0.2) is 0 Å². The second-order valence-corrected chi connectivity index (χ2v) is 6.66. The molecule has 0 aliphatic heterocycles. The minimum absolute atomic E-state index is 0.0860. The van der Waals surface area contributed by atoms with Crippen LogP contribution in [0.1, 0.15) is 22.3 Å². The number of carbonyl (C=O) groups excluding carboxylic acids is 2. The molecule has 0 saturated heterocycles. The van der Waals surface area contributed by atoms with Gasteiger partial charge in [0.1, 0.15) is 12.3 Å². The summed E-state index contributed by atoms with van der Waals surface area (Å²) in [5.74, 6) is -0.589. The molecule has 1 N–H and O–H groups in total. The van der Waals surface area contributed by atoms with Crippen molar-refractivity contribution in [2.45, 2.75) is 19.1 Å². The highest BCUT2D eigenvalue weighted by Crippen LogP contribution is 2.20. The highest BCUT2D eigenvalue weighted by molar-refractivity contribution is 6.30. The zero-order valence-electron chi connectivity index (χ0n) is 15.6. The standard InChI is InChI=1S/C20H20ClF3N2O3/c1-29-17-8-2-14(3-9-17)12-26(13-20(22,23)24)18(27)10-11-25-19(28)15-4-6-16(21)7-5-15/h2-9H,10-13H2,1H3,(H,25,28). The van der Waals surface area contributed by atoms with Gasteiger partial charge >= 0.3 is 6.18 Å². The third-order valence-electron chi connectivity index (χ3n) is 3.99. The third kappa shape index (κ3) is 7.65. The summed E-state index contributed by atoms with van der Waals surface area (Å²) in [5, 5.41) is 2.99. The second-order valence-electron chi connectivity index (χ2n) is 6.23. The van der Waals surface area contributed by atoms with Gasteiger partial charge in [0.25, 0.3) is 5.91 Å². The fourth-order valence-corrected chi connectivity index (χ4v) is 2.67. The van der Waals surface area contributed by atoms with Crippen LogP contribution in [-0.2, 0) is 11.3 Å². The Morgan fingerprint density at radius 1 is 1.07 bits per heavy atom. The molecular formula is C20H20ClF3N2O3. The van der Waals surface area contributed by atoms with Crippen LogP contribution in [-0.4, -0.2) is 43.1 Å². The number of methoxy groups -OCH3 is 1. The first-order chi connectivity index (χ1) is 13.7. The van der Waals surface area contributed by atoms with E-state index in [1.807, 2.05) is 0 Å². The summed E-state index contributed by atoms with van der Waals surface area (Å²) in [6, 6.07) is 12.5. The number of benzene rings is 2. The predicted molar refractivity (Wildman–Crippen MR) is 103 cm³/mol. The summed E-state index contributed by atoms with van der Waals surface area (Å²) >= 11 is 5.75. The minimum atomic E-state index is -4.53. The first-order valence-electron chi connectivity index (χ1n) is 8.69. The van der Waals surface area contributed by atoms with Gasteiger partial charge in [0.15, 0.2) is 0 Å². The van der Waals surface area contributed by atoms with E-state index in [2.05, 4.69) is 5.32 Å². The summed E-state index contributed by atoms with van der Waals surface area (Å²) in [7, 11) is 1.48. The van der Waals surface area contributed by atoms with Crippen molar-refractivity contribution in [3.63, 3.8) is 0 Å². The topological polar surface area (TPSA) is 58.6 Å². The number of hydrogen-bond acceptors (Lipinski definition) is 3. The van der Waals surface area contributed by atoms with E-state index in [1.54, 1.807) is 36.4 Å². The van der Waals surface area contributed by atoms with E-state index >= 15 is 0 Å². The molecule has 0 spiro atoms. The fourth-order valence-electron chi connectivity index (χ4n) is 2.54. The van der Waals surface area contributed by atoms with E-state index < -0.39 is 24.5 Å². The van der Waals surface area contributed by atoms with Gasteiger partial charge in [-0.3, -0.25) is 9.59 Å². The zero-order chi connectivity index (χ0) is 21.4. The van der Waals surface area contributed by atoms with Crippen LogP contribution < -0.4 is 10.1 Å². The summed E-state index contributed by atoms with van der Waals surface area (Å²) in [6.45, 7) is -1.66. The summed E-state index contributed by atoms with van der Waals surface area (Å²) in [5.41, 5.74) is 0.876. The Bertz CT molecular complexity index is 824. The molecule has 9 heteroatoms. The molecule has 0 aromatic heterocycles. The number of halogens is 4. The van der Waals surface area contributed by atoms with Crippen molar-refractivity contribution in [3.05, 3.63) is 64.7 Å². The molecule has 0 atom stereocenters. The lowest BCUT2D eigenvalue weighted by atomic mass is 10.2. The Balaban J connectivity index is 1.95. The van der Waals surface area contributed by atoms with Crippen LogP contribution in [0.2, 0.25) is 5.02 Å². The molecule has 2 aromatic rings. The van der Waals surface area contributed by atoms with Gasteiger partial charge in [-0.2, -0.15) is 13.2 Å². The van der Waals surface area contributed by atoms with Crippen molar-refractivity contribution in [3.8, 4) is 5.75 Å². The molecule has 0 fully saturated rings. The van der Waals surface area contributed by atoms with E-state index in [9.17, 15) is 22.8 Å². The molecule has 0 aliphatic rings. The van der Waals surface area contributed by atoms with Crippen molar-refractivity contribution < 1.29 is 27.5 Å². The van der Waals surface area contributed by atoms with Crippen LogP contribution in [0.5, 0.6) is 5.75 Å². The average Bonchev–Trinajstić information content (AvgIpc) is 2.67. The molecule has 0 aliphatic carbocycles. The van der Waals surface area contributed by atoms with Crippen LogP contribution in [0.15, 0.2) is 48.5 Å². The Morgan fingerprint density at radius 3 is 2.24 bits per heavy atom. The SMILES string of the molecule is COc1ccc(CN(CC(F)(F)F)C(=O)CCNC(=O)c2ccc(Cl)cc2)cc1. The van der Waals surface area contributed by atoms with E-state index in [1.165, 1.54) is 19.2 Å². The van der Waals surface area contributed by atoms with Gasteiger partial charge < -0.3 is 15.0 Å².